The van der Waals surface area contributed by atoms with Gasteiger partial charge in [-0.15, -0.1) is 0 Å². The van der Waals surface area contributed by atoms with Crippen LogP contribution in [0.3, 0.4) is 0 Å². The second-order valence-electron chi connectivity index (χ2n) is 6.59. The molecule has 0 aromatic heterocycles. The van der Waals surface area contributed by atoms with E-state index >= 15 is 0 Å². The summed E-state index contributed by atoms with van der Waals surface area (Å²) in [6.45, 7) is 7.07. The van der Waals surface area contributed by atoms with Gasteiger partial charge in [-0.2, -0.15) is 0 Å². The van der Waals surface area contributed by atoms with Gasteiger partial charge in [0.2, 0.25) is 0 Å². The number of aliphatic hydroxyl groups is 2. The van der Waals surface area contributed by atoms with Gasteiger partial charge < -0.3 is 19.8 Å². The third-order valence-corrected chi connectivity index (χ3v) is 4.17. The summed E-state index contributed by atoms with van der Waals surface area (Å²) in [6, 6.07) is 7.84. The summed E-state index contributed by atoms with van der Waals surface area (Å²) in [6.07, 6.45) is 1.62. The Morgan fingerprint density at radius 2 is 2.05 bits per heavy atom. The molecule has 0 radical (unpaired) electrons. The van der Waals surface area contributed by atoms with Crippen molar-refractivity contribution in [1.29, 1.82) is 0 Å². The molecule has 2 N–H and O–H groups in total. The lowest BCUT2D eigenvalue weighted by Crippen LogP contribution is -2.47. The van der Waals surface area contributed by atoms with Gasteiger partial charge in [-0.05, 0) is 38.4 Å². The van der Waals surface area contributed by atoms with E-state index in [2.05, 4.69) is 11.8 Å². The lowest BCUT2D eigenvalue weighted by molar-refractivity contribution is 0.0100. The van der Waals surface area contributed by atoms with Crippen molar-refractivity contribution in [3.63, 3.8) is 0 Å². The van der Waals surface area contributed by atoms with E-state index in [4.69, 9.17) is 4.74 Å². The fourth-order valence-electron chi connectivity index (χ4n) is 2.89. The van der Waals surface area contributed by atoms with Crippen LogP contribution in [0.2, 0.25) is 0 Å². The van der Waals surface area contributed by atoms with E-state index in [1.54, 1.807) is 0 Å². The van der Waals surface area contributed by atoms with Crippen LogP contribution in [-0.2, 0) is 0 Å². The third-order valence-electron chi connectivity index (χ3n) is 4.17. The van der Waals surface area contributed by atoms with Gasteiger partial charge in [0, 0.05) is 25.1 Å². The van der Waals surface area contributed by atoms with Gasteiger partial charge in [-0.25, -0.2) is 0 Å². The van der Waals surface area contributed by atoms with Crippen LogP contribution in [0.25, 0.3) is 0 Å². The number of benzene rings is 1. The first kappa shape index (κ1) is 16.3. The highest BCUT2D eigenvalue weighted by Gasteiger charge is 2.30. The van der Waals surface area contributed by atoms with E-state index < -0.39 is 6.10 Å². The number of nitrogens with zero attached hydrogens (tertiary/aromatic N) is 1. The molecule has 0 bridgehead atoms. The normalized spacial score (nSPS) is 24.8. The minimum Gasteiger partial charge on any atom is -0.491 e. The van der Waals surface area contributed by atoms with Gasteiger partial charge in [-0.3, -0.25) is 0 Å². The first-order chi connectivity index (χ1) is 10.0. The number of hydrogen-bond donors (Lipinski definition) is 2. The van der Waals surface area contributed by atoms with Gasteiger partial charge in [0.15, 0.2) is 0 Å². The van der Waals surface area contributed by atoms with Gasteiger partial charge in [-0.1, -0.05) is 24.6 Å². The molecule has 0 saturated carbocycles. The predicted octanol–water partition coefficient (Wildman–Crippen LogP) is 1.83. The average molecular weight is 293 g/mol. The van der Waals surface area contributed by atoms with Crippen LogP contribution in [0.5, 0.6) is 5.75 Å². The first-order valence-electron chi connectivity index (χ1n) is 7.71. The Labute approximate surface area is 127 Å². The molecule has 1 aromatic rings. The topological polar surface area (TPSA) is 52.9 Å². The molecule has 1 aliphatic heterocycles. The second-order valence-corrected chi connectivity index (χ2v) is 6.59. The number of likely N-dealkylation sites (tertiary alicyclic amines) is 1. The van der Waals surface area contributed by atoms with E-state index in [1.165, 1.54) is 5.56 Å². The van der Waals surface area contributed by atoms with E-state index in [0.717, 1.165) is 31.7 Å². The van der Waals surface area contributed by atoms with Crippen LogP contribution in [0.15, 0.2) is 24.3 Å². The number of β-amino-alcohol motifs (C(OH)–C–C–N with tert-alkyl or cyclic N) is 1. The summed E-state index contributed by atoms with van der Waals surface area (Å²) in [5.74, 6) is 0.790. The average Bonchev–Trinajstić information content (AvgIpc) is 2.47. The summed E-state index contributed by atoms with van der Waals surface area (Å²) in [5, 5.41) is 19.6. The number of aliphatic hydroxyl groups excluding tert-OH is 2. The number of aryl methyl sites for hydroxylation is 1. The van der Waals surface area contributed by atoms with Gasteiger partial charge in [0.25, 0.3) is 0 Å². The molecule has 118 valence electrons. The number of piperidine rings is 1. The van der Waals surface area contributed by atoms with Crippen LogP contribution in [-0.4, -0.2) is 54.1 Å². The van der Waals surface area contributed by atoms with Gasteiger partial charge in [0.1, 0.15) is 18.5 Å². The van der Waals surface area contributed by atoms with Crippen LogP contribution in [0.4, 0.5) is 0 Å². The molecule has 2 unspecified atom stereocenters. The molecule has 4 nitrogen and oxygen atoms in total. The smallest absolute Gasteiger partial charge is 0.119 e. The standard InChI is InChI=1S/C17H27NO3/c1-14-4-6-16(7-5-14)21-11-15(20)10-18-9-3-8-17(2,12-18)13-19/h4-7,15,19-20H,3,8-13H2,1-2H3. The quantitative estimate of drug-likeness (QED) is 0.840. The zero-order valence-electron chi connectivity index (χ0n) is 13.1. The highest BCUT2D eigenvalue weighted by molar-refractivity contribution is 5.26. The lowest BCUT2D eigenvalue weighted by atomic mass is 9.83. The summed E-state index contributed by atoms with van der Waals surface area (Å²) >= 11 is 0. The number of hydrogen-bond acceptors (Lipinski definition) is 4. The minimum absolute atomic E-state index is 0.0320. The summed E-state index contributed by atoms with van der Waals surface area (Å²) in [5.41, 5.74) is 1.16. The fraction of sp³-hybridized carbons (Fsp3) is 0.647. The van der Waals surface area contributed by atoms with Crippen LogP contribution < -0.4 is 4.74 Å². The molecule has 2 atom stereocenters. The van der Waals surface area contributed by atoms with Crippen molar-refractivity contribution in [3.8, 4) is 5.75 Å². The Hall–Kier alpha value is -1.10. The van der Waals surface area contributed by atoms with Crippen molar-refractivity contribution in [2.45, 2.75) is 32.8 Å². The molecular formula is C17H27NO3. The fourth-order valence-corrected chi connectivity index (χ4v) is 2.89. The zero-order valence-corrected chi connectivity index (χ0v) is 13.1. The monoisotopic (exact) mass is 293 g/mol. The molecule has 21 heavy (non-hydrogen) atoms. The van der Waals surface area contributed by atoms with Crippen LogP contribution >= 0.6 is 0 Å². The van der Waals surface area contributed by atoms with Crippen molar-refractivity contribution in [2.24, 2.45) is 5.41 Å². The highest BCUT2D eigenvalue weighted by atomic mass is 16.5. The van der Waals surface area contributed by atoms with Gasteiger partial charge in [0.05, 0.1) is 0 Å². The Kier molecular flexibility index (Phi) is 5.62. The Bertz CT molecular complexity index is 434. The molecule has 4 heteroatoms. The number of ether oxygens (including phenoxy) is 1. The third kappa shape index (κ3) is 4.99. The maximum Gasteiger partial charge on any atom is 0.119 e. The van der Waals surface area contributed by atoms with Crippen molar-refractivity contribution in [1.82, 2.24) is 4.90 Å². The molecule has 0 aliphatic carbocycles. The van der Waals surface area contributed by atoms with Gasteiger partial charge >= 0.3 is 0 Å². The van der Waals surface area contributed by atoms with Crippen molar-refractivity contribution >= 4 is 0 Å². The molecular weight excluding hydrogens is 266 g/mol. The van der Waals surface area contributed by atoms with Crippen molar-refractivity contribution in [2.75, 3.05) is 32.8 Å². The van der Waals surface area contributed by atoms with Crippen LogP contribution in [0, 0.1) is 12.3 Å². The molecule has 1 aromatic carbocycles. The zero-order chi connectivity index (χ0) is 15.3. The Balaban J connectivity index is 1.76. The molecule has 0 amide bonds. The van der Waals surface area contributed by atoms with Crippen LogP contribution in [0.1, 0.15) is 25.3 Å². The Morgan fingerprint density at radius 3 is 2.71 bits per heavy atom. The van der Waals surface area contributed by atoms with Crippen molar-refractivity contribution < 1.29 is 14.9 Å². The lowest BCUT2D eigenvalue weighted by Gasteiger charge is -2.40. The Morgan fingerprint density at radius 1 is 1.33 bits per heavy atom. The maximum absolute atomic E-state index is 10.1. The second kappa shape index (κ2) is 7.25. The minimum atomic E-state index is -0.507. The molecule has 2 rings (SSSR count). The van der Waals surface area contributed by atoms with Crippen molar-refractivity contribution in [3.05, 3.63) is 29.8 Å². The van der Waals surface area contributed by atoms with E-state index in [9.17, 15) is 10.2 Å². The molecule has 0 spiro atoms. The highest BCUT2D eigenvalue weighted by Crippen LogP contribution is 2.28. The molecule has 1 saturated heterocycles. The first-order valence-corrected chi connectivity index (χ1v) is 7.71. The summed E-state index contributed by atoms with van der Waals surface area (Å²) in [7, 11) is 0. The number of rotatable bonds is 6. The summed E-state index contributed by atoms with van der Waals surface area (Å²) in [4.78, 5) is 2.23. The van der Waals surface area contributed by atoms with E-state index in [0.29, 0.717) is 13.2 Å². The molecule has 1 aliphatic rings. The molecule has 1 fully saturated rings. The summed E-state index contributed by atoms with van der Waals surface area (Å²) < 4.78 is 5.62. The molecule has 1 heterocycles. The van der Waals surface area contributed by atoms with E-state index in [1.807, 2.05) is 31.2 Å². The largest absolute Gasteiger partial charge is 0.491 e. The predicted molar refractivity (Wildman–Crippen MR) is 83.5 cm³/mol. The SMILES string of the molecule is Cc1ccc(OCC(O)CN2CCCC(C)(CO)C2)cc1. The van der Waals surface area contributed by atoms with E-state index in [-0.39, 0.29) is 12.0 Å². The maximum atomic E-state index is 10.1.